The minimum atomic E-state index is -3.52. The van der Waals surface area contributed by atoms with Crippen LogP contribution >= 0.6 is 27.5 Å². The molecule has 2 aromatic heterocycles. The van der Waals surface area contributed by atoms with Gasteiger partial charge < -0.3 is 4.98 Å². The smallest absolute Gasteiger partial charge is 0.184 e. The van der Waals surface area contributed by atoms with Crippen LogP contribution in [0.15, 0.2) is 64.0 Å². The summed E-state index contributed by atoms with van der Waals surface area (Å²) >= 11 is 9.95. The number of benzene rings is 2. The van der Waals surface area contributed by atoms with Crippen LogP contribution in [0.2, 0.25) is 5.02 Å². The van der Waals surface area contributed by atoms with Gasteiger partial charge in [-0.25, -0.2) is 13.4 Å². The highest BCUT2D eigenvalue weighted by molar-refractivity contribution is 9.10. The molecule has 2 heterocycles. The molecule has 0 unspecified atom stereocenters. The average molecular weight is 436 g/mol. The second-order valence-electron chi connectivity index (χ2n) is 5.65. The lowest BCUT2D eigenvalue weighted by atomic mass is 10.2. The van der Waals surface area contributed by atoms with E-state index in [9.17, 15) is 8.42 Å². The van der Waals surface area contributed by atoms with Gasteiger partial charge in [0.05, 0.1) is 25.8 Å². The Balaban J connectivity index is 1.89. The quantitative estimate of drug-likeness (QED) is 0.486. The molecule has 4 rings (SSSR count). The highest BCUT2D eigenvalue weighted by atomic mass is 79.9. The van der Waals surface area contributed by atoms with Crippen LogP contribution in [0.25, 0.3) is 21.9 Å². The number of H-pyrrole nitrogens is 1. The Morgan fingerprint density at radius 2 is 1.72 bits per heavy atom. The topological polar surface area (TPSA) is 62.8 Å². The SMILES string of the molecule is O=S(=O)(Cc1nc2[nH]c3ccccc3c2c(Cl)c1Br)c1ccccc1. The van der Waals surface area contributed by atoms with Crippen molar-refractivity contribution >= 4 is 59.3 Å². The maximum absolute atomic E-state index is 12.7. The molecule has 0 fully saturated rings. The van der Waals surface area contributed by atoms with Gasteiger partial charge in [-0.1, -0.05) is 48.0 Å². The Kier molecular flexibility index (Phi) is 4.06. The number of hydrogen-bond donors (Lipinski definition) is 1. The molecule has 0 bridgehead atoms. The number of hydrogen-bond acceptors (Lipinski definition) is 3. The lowest BCUT2D eigenvalue weighted by Crippen LogP contribution is -2.07. The van der Waals surface area contributed by atoms with Crippen LogP contribution in [0.4, 0.5) is 0 Å². The number of rotatable bonds is 3. The summed E-state index contributed by atoms with van der Waals surface area (Å²) in [6.07, 6.45) is 0. The average Bonchev–Trinajstić information content (AvgIpc) is 2.98. The van der Waals surface area contributed by atoms with E-state index in [1.807, 2.05) is 24.3 Å². The third-order valence-electron chi connectivity index (χ3n) is 4.03. The molecule has 0 aliphatic carbocycles. The van der Waals surface area contributed by atoms with Gasteiger partial charge in [-0.2, -0.15) is 0 Å². The highest BCUT2D eigenvalue weighted by Crippen LogP contribution is 2.37. The summed E-state index contributed by atoms with van der Waals surface area (Å²) in [5.74, 6) is -0.234. The largest absolute Gasteiger partial charge is 0.339 e. The summed E-state index contributed by atoms with van der Waals surface area (Å²) in [6, 6.07) is 16.1. The number of nitrogens with zero attached hydrogens (tertiary/aromatic N) is 1. The fourth-order valence-corrected chi connectivity index (χ4v) is 5.06. The van der Waals surface area contributed by atoms with E-state index in [-0.39, 0.29) is 10.6 Å². The highest BCUT2D eigenvalue weighted by Gasteiger charge is 2.22. The third-order valence-corrected chi connectivity index (χ3v) is 7.13. The molecule has 1 N–H and O–H groups in total. The van der Waals surface area contributed by atoms with Gasteiger partial charge in [-0.3, -0.25) is 0 Å². The Morgan fingerprint density at radius 3 is 2.48 bits per heavy atom. The second-order valence-corrected chi connectivity index (χ2v) is 8.81. The van der Waals surface area contributed by atoms with Crippen molar-refractivity contribution in [2.75, 3.05) is 0 Å². The van der Waals surface area contributed by atoms with Crippen LogP contribution in [-0.2, 0) is 15.6 Å². The molecule has 4 nitrogen and oxygen atoms in total. The van der Waals surface area contributed by atoms with Crippen LogP contribution in [0, 0.1) is 0 Å². The number of aromatic amines is 1. The van der Waals surface area contributed by atoms with E-state index in [4.69, 9.17) is 11.6 Å². The van der Waals surface area contributed by atoms with Gasteiger partial charge in [0.2, 0.25) is 0 Å². The molecule has 2 aromatic carbocycles. The first-order valence-electron chi connectivity index (χ1n) is 7.49. The van der Waals surface area contributed by atoms with E-state index >= 15 is 0 Å². The summed E-state index contributed by atoms with van der Waals surface area (Å²) in [4.78, 5) is 7.98. The summed E-state index contributed by atoms with van der Waals surface area (Å²) in [6.45, 7) is 0. The number of fused-ring (bicyclic) bond motifs is 3. The van der Waals surface area contributed by atoms with E-state index < -0.39 is 9.84 Å². The number of nitrogens with one attached hydrogen (secondary N) is 1. The van der Waals surface area contributed by atoms with E-state index in [0.717, 1.165) is 16.3 Å². The summed E-state index contributed by atoms with van der Waals surface area (Å²) in [5, 5.41) is 2.19. The molecule has 4 aromatic rings. The van der Waals surface area contributed by atoms with E-state index in [2.05, 4.69) is 25.9 Å². The molecular formula is C18H12BrClN2O2S. The van der Waals surface area contributed by atoms with Gasteiger partial charge >= 0.3 is 0 Å². The zero-order chi connectivity index (χ0) is 17.6. The first kappa shape index (κ1) is 16.6. The van der Waals surface area contributed by atoms with Crippen molar-refractivity contribution in [3.8, 4) is 0 Å². The van der Waals surface area contributed by atoms with Crippen molar-refractivity contribution in [3.63, 3.8) is 0 Å². The molecule has 0 aliphatic rings. The monoisotopic (exact) mass is 434 g/mol. The predicted octanol–water partition coefficient (Wildman–Crippen LogP) is 5.11. The Hall–Kier alpha value is -1.89. The Labute approximate surface area is 157 Å². The standard InChI is InChI=1S/C18H12BrClN2O2S/c19-16-14(10-25(23,24)11-6-2-1-3-7-11)22-18-15(17(16)20)12-8-4-5-9-13(12)21-18/h1-9H,10H2,(H,21,22). The lowest BCUT2D eigenvalue weighted by molar-refractivity contribution is 0.594. The van der Waals surface area contributed by atoms with Crippen LogP contribution in [0.3, 0.4) is 0 Å². The molecule has 0 atom stereocenters. The molecule has 0 radical (unpaired) electrons. The van der Waals surface area contributed by atoms with Crippen LogP contribution in [-0.4, -0.2) is 18.4 Å². The minimum Gasteiger partial charge on any atom is -0.339 e. The van der Waals surface area contributed by atoms with Gasteiger partial charge in [-0.15, -0.1) is 0 Å². The molecule has 0 spiro atoms. The number of aromatic nitrogens is 2. The minimum absolute atomic E-state index is 0.234. The van der Waals surface area contributed by atoms with Crippen LogP contribution in [0.1, 0.15) is 5.69 Å². The number of halogens is 2. The zero-order valence-electron chi connectivity index (χ0n) is 12.8. The van der Waals surface area contributed by atoms with Gasteiger partial charge in [0, 0.05) is 16.3 Å². The third kappa shape index (κ3) is 2.84. The second kappa shape index (κ2) is 6.12. The maximum atomic E-state index is 12.7. The molecule has 25 heavy (non-hydrogen) atoms. The first-order chi connectivity index (χ1) is 12.0. The Bertz CT molecular complexity index is 1200. The van der Waals surface area contributed by atoms with Crippen molar-refractivity contribution in [2.45, 2.75) is 10.6 Å². The molecule has 126 valence electrons. The predicted molar refractivity (Wildman–Crippen MR) is 104 cm³/mol. The molecule has 7 heteroatoms. The van der Waals surface area contributed by atoms with E-state index in [0.29, 0.717) is 20.8 Å². The van der Waals surface area contributed by atoms with Crippen molar-refractivity contribution in [3.05, 3.63) is 69.8 Å². The first-order valence-corrected chi connectivity index (χ1v) is 10.3. The molecule has 0 amide bonds. The van der Waals surface area contributed by atoms with Gasteiger partial charge in [0.1, 0.15) is 5.65 Å². The fourth-order valence-electron chi connectivity index (χ4n) is 2.84. The normalized spacial score (nSPS) is 12.1. The van der Waals surface area contributed by atoms with Gasteiger partial charge in [-0.05, 0) is 34.1 Å². The summed E-state index contributed by atoms with van der Waals surface area (Å²) in [7, 11) is -3.52. The van der Waals surface area contributed by atoms with Crippen molar-refractivity contribution in [1.82, 2.24) is 9.97 Å². The fraction of sp³-hybridized carbons (Fsp3) is 0.0556. The maximum Gasteiger partial charge on any atom is 0.184 e. The van der Waals surface area contributed by atoms with Crippen molar-refractivity contribution in [1.29, 1.82) is 0 Å². The Morgan fingerprint density at radius 1 is 1.04 bits per heavy atom. The molecule has 0 saturated heterocycles. The summed E-state index contributed by atoms with van der Waals surface area (Å²) < 4.78 is 25.8. The van der Waals surface area contributed by atoms with E-state index in [1.165, 1.54) is 0 Å². The summed E-state index contributed by atoms with van der Waals surface area (Å²) in [5.41, 5.74) is 1.86. The van der Waals surface area contributed by atoms with Crippen molar-refractivity contribution in [2.24, 2.45) is 0 Å². The lowest BCUT2D eigenvalue weighted by Gasteiger charge is -2.08. The molecule has 0 aliphatic heterocycles. The van der Waals surface area contributed by atoms with Gasteiger partial charge in [0.25, 0.3) is 0 Å². The molecule has 0 saturated carbocycles. The van der Waals surface area contributed by atoms with E-state index in [1.54, 1.807) is 30.3 Å². The zero-order valence-corrected chi connectivity index (χ0v) is 16.0. The van der Waals surface area contributed by atoms with Gasteiger partial charge in [0.15, 0.2) is 9.84 Å². The van der Waals surface area contributed by atoms with Crippen LogP contribution < -0.4 is 0 Å². The molecular weight excluding hydrogens is 424 g/mol. The van der Waals surface area contributed by atoms with Crippen LogP contribution in [0.5, 0.6) is 0 Å². The number of pyridine rings is 1. The van der Waals surface area contributed by atoms with Crippen molar-refractivity contribution < 1.29 is 8.42 Å². The number of sulfone groups is 1. The number of para-hydroxylation sites is 1.